The molecule has 0 spiro atoms. The van der Waals surface area contributed by atoms with E-state index in [1.165, 1.54) is 12.1 Å². The Kier molecular flexibility index (Phi) is 4.72. The van der Waals surface area contributed by atoms with Crippen LogP contribution < -0.4 is 9.47 Å². The molecule has 3 rings (SSSR count). The first-order chi connectivity index (χ1) is 12.2. The number of ether oxygens (including phenoxy) is 2. The maximum atomic E-state index is 13.9. The average molecular weight is 356 g/mol. The van der Waals surface area contributed by atoms with Gasteiger partial charge in [0.15, 0.2) is 0 Å². The smallest absolute Gasteiger partial charge is 0.331 e. The monoisotopic (exact) mass is 356 g/mol. The van der Waals surface area contributed by atoms with E-state index >= 15 is 0 Å². The second-order valence-corrected chi connectivity index (χ2v) is 7.11. The van der Waals surface area contributed by atoms with Gasteiger partial charge in [-0.1, -0.05) is 18.7 Å². The first-order valence-corrected chi connectivity index (χ1v) is 8.37. The van der Waals surface area contributed by atoms with Crippen molar-refractivity contribution >= 4 is 5.97 Å². The third kappa shape index (κ3) is 4.04. The molecule has 0 saturated carbocycles. The molecule has 1 aliphatic rings. The van der Waals surface area contributed by atoms with E-state index in [1.807, 2.05) is 13.8 Å². The number of aliphatic carboxylic acids is 1. The van der Waals surface area contributed by atoms with Gasteiger partial charge in [-0.2, -0.15) is 0 Å². The second-order valence-electron chi connectivity index (χ2n) is 7.11. The highest BCUT2D eigenvalue weighted by atomic mass is 19.1. The zero-order chi connectivity index (χ0) is 18.9. The Bertz CT molecular complexity index is 853. The number of hydrogen-bond donors (Lipinski definition) is 1. The molecule has 136 valence electrons. The number of carboxylic acids is 1. The minimum absolute atomic E-state index is 0.133. The van der Waals surface area contributed by atoms with E-state index in [2.05, 4.69) is 6.58 Å². The molecule has 0 atom stereocenters. The lowest BCUT2D eigenvalue weighted by molar-refractivity contribution is -0.132. The highest BCUT2D eigenvalue weighted by molar-refractivity contribution is 5.86. The molecule has 0 aliphatic carbocycles. The van der Waals surface area contributed by atoms with Crippen LogP contribution in [0.3, 0.4) is 0 Å². The molecule has 0 fully saturated rings. The Morgan fingerprint density at radius 3 is 2.65 bits per heavy atom. The Hall–Kier alpha value is -2.82. The van der Waals surface area contributed by atoms with Gasteiger partial charge < -0.3 is 14.6 Å². The van der Waals surface area contributed by atoms with Gasteiger partial charge >= 0.3 is 5.97 Å². The van der Waals surface area contributed by atoms with Crippen LogP contribution in [-0.2, 0) is 24.2 Å². The van der Waals surface area contributed by atoms with E-state index < -0.39 is 5.97 Å². The summed E-state index contributed by atoms with van der Waals surface area (Å²) in [6, 6.07) is 10.0. The van der Waals surface area contributed by atoms with Crippen LogP contribution in [0.1, 0.15) is 30.5 Å². The van der Waals surface area contributed by atoms with Gasteiger partial charge in [0.1, 0.15) is 29.5 Å². The van der Waals surface area contributed by atoms with Crippen LogP contribution in [0.15, 0.2) is 48.6 Å². The van der Waals surface area contributed by atoms with Crippen LogP contribution in [0.2, 0.25) is 0 Å². The normalized spacial score (nSPS) is 14.4. The van der Waals surface area contributed by atoms with E-state index in [0.717, 1.165) is 11.1 Å². The number of fused-ring (bicyclic) bond motifs is 1. The second kappa shape index (κ2) is 6.83. The van der Waals surface area contributed by atoms with Crippen molar-refractivity contribution in [3.05, 3.63) is 71.1 Å². The van der Waals surface area contributed by atoms with Gasteiger partial charge in [0.2, 0.25) is 0 Å². The van der Waals surface area contributed by atoms with Crippen LogP contribution >= 0.6 is 0 Å². The summed E-state index contributed by atoms with van der Waals surface area (Å²) < 4.78 is 25.6. The van der Waals surface area contributed by atoms with Gasteiger partial charge in [0, 0.05) is 29.5 Å². The zero-order valence-corrected chi connectivity index (χ0v) is 14.8. The first kappa shape index (κ1) is 18.0. The number of hydrogen-bond acceptors (Lipinski definition) is 3. The number of halogens is 1. The minimum atomic E-state index is -1.01. The van der Waals surface area contributed by atoms with Gasteiger partial charge in [-0.25, -0.2) is 9.18 Å². The highest BCUT2D eigenvalue weighted by Gasteiger charge is 2.32. The highest BCUT2D eigenvalue weighted by Crippen LogP contribution is 2.38. The van der Waals surface area contributed by atoms with E-state index in [1.54, 1.807) is 24.3 Å². The fourth-order valence-electron chi connectivity index (χ4n) is 3.04. The lowest BCUT2D eigenvalue weighted by Gasteiger charge is -2.18. The van der Waals surface area contributed by atoms with Crippen LogP contribution in [0.4, 0.5) is 4.39 Å². The quantitative estimate of drug-likeness (QED) is 0.784. The first-order valence-electron chi connectivity index (χ1n) is 8.37. The summed E-state index contributed by atoms with van der Waals surface area (Å²) in [5.41, 5.74) is 2.15. The molecule has 26 heavy (non-hydrogen) atoms. The van der Waals surface area contributed by atoms with Crippen LogP contribution in [0, 0.1) is 5.82 Å². The molecule has 0 aromatic heterocycles. The summed E-state index contributed by atoms with van der Waals surface area (Å²) in [5.74, 6) is 0.00937. The van der Waals surface area contributed by atoms with E-state index in [4.69, 9.17) is 14.6 Å². The molecular weight excluding hydrogens is 335 g/mol. The summed E-state index contributed by atoms with van der Waals surface area (Å²) in [7, 11) is 0. The molecule has 0 amide bonds. The molecule has 4 nitrogen and oxygen atoms in total. The van der Waals surface area contributed by atoms with Crippen molar-refractivity contribution in [1.82, 2.24) is 0 Å². The molecule has 1 N–H and O–H groups in total. The lowest BCUT2D eigenvalue weighted by Crippen LogP contribution is -2.25. The van der Waals surface area contributed by atoms with E-state index in [9.17, 15) is 9.18 Å². The Labute approximate surface area is 151 Å². The number of rotatable bonds is 6. The largest absolute Gasteiger partial charge is 0.489 e. The van der Waals surface area contributed by atoms with Gasteiger partial charge in [-0.15, -0.1) is 0 Å². The number of carbonyl (C=O) groups is 1. The molecule has 2 aromatic rings. The number of benzene rings is 2. The maximum absolute atomic E-state index is 13.9. The van der Waals surface area contributed by atoms with Gasteiger partial charge in [-0.05, 0) is 43.7 Å². The fourth-order valence-corrected chi connectivity index (χ4v) is 3.04. The number of carboxylic acid groups (broad SMARTS) is 1. The van der Waals surface area contributed by atoms with Crippen molar-refractivity contribution in [3.63, 3.8) is 0 Å². The lowest BCUT2D eigenvalue weighted by atomic mass is 10.0. The predicted molar refractivity (Wildman–Crippen MR) is 96.1 cm³/mol. The van der Waals surface area contributed by atoms with Gasteiger partial charge in [-0.3, -0.25) is 0 Å². The summed E-state index contributed by atoms with van der Waals surface area (Å²) in [5, 5.41) is 8.88. The predicted octanol–water partition coefficient (Wildman–Crippen LogP) is 4.30. The fraction of sp³-hybridized carbons (Fsp3) is 0.286. The topological polar surface area (TPSA) is 55.8 Å². The summed E-state index contributed by atoms with van der Waals surface area (Å²) >= 11 is 0. The molecule has 1 aliphatic heterocycles. The van der Waals surface area contributed by atoms with Crippen LogP contribution in [0.25, 0.3) is 0 Å². The third-order valence-corrected chi connectivity index (χ3v) is 4.24. The molecular formula is C21H21FO4. The maximum Gasteiger partial charge on any atom is 0.331 e. The summed E-state index contributed by atoms with van der Waals surface area (Å²) in [4.78, 5) is 10.8. The molecule has 2 aromatic carbocycles. The van der Waals surface area contributed by atoms with Crippen molar-refractivity contribution in [2.75, 3.05) is 0 Å². The Morgan fingerprint density at radius 1 is 1.31 bits per heavy atom. The van der Waals surface area contributed by atoms with Crippen LogP contribution in [-0.4, -0.2) is 16.7 Å². The molecule has 5 heteroatoms. The molecule has 1 heterocycles. The standard InChI is InChI=1S/C21H21FO4/c1-13(20(23)24)8-14-4-6-18(7-5-14)25-12-16-10-17(22)9-15-11-21(2,3)26-19(15)16/h4-7,9-10H,1,8,11-12H2,2-3H3,(H,23,24). The van der Waals surface area contributed by atoms with E-state index in [0.29, 0.717) is 23.5 Å². The summed E-state index contributed by atoms with van der Waals surface area (Å²) in [6.45, 7) is 7.66. The van der Waals surface area contributed by atoms with Gasteiger partial charge in [0.25, 0.3) is 0 Å². The average Bonchev–Trinajstić information content (AvgIpc) is 2.87. The Morgan fingerprint density at radius 2 is 2.00 bits per heavy atom. The molecule has 0 saturated heterocycles. The zero-order valence-electron chi connectivity index (χ0n) is 14.8. The molecule has 0 radical (unpaired) electrons. The van der Waals surface area contributed by atoms with Crippen molar-refractivity contribution in [1.29, 1.82) is 0 Å². The van der Waals surface area contributed by atoms with E-state index in [-0.39, 0.29) is 30.0 Å². The summed E-state index contributed by atoms with van der Waals surface area (Å²) in [6.07, 6.45) is 0.936. The van der Waals surface area contributed by atoms with Crippen molar-refractivity contribution in [2.24, 2.45) is 0 Å². The van der Waals surface area contributed by atoms with Crippen molar-refractivity contribution < 1.29 is 23.8 Å². The van der Waals surface area contributed by atoms with Gasteiger partial charge in [0.05, 0.1) is 0 Å². The molecule has 0 unspecified atom stereocenters. The Balaban J connectivity index is 1.69. The van der Waals surface area contributed by atoms with Crippen molar-refractivity contribution in [2.45, 2.75) is 38.9 Å². The SMILES string of the molecule is C=C(Cc1ccc(OCc2cc(F)cc3c2OC(C)(C)C3)cc1)C(=O)O. The van der Waals surface area contributed by atoms with Crippen LogP contribution in [0.5, 0.6) is 11.5 Å². The minimum Gasteiger partial charge on any atom is -0.489 e. The molecule has 0 bridgehead atoms. The van der Waals surface area contributed by atoms with Crippen molar-refractivity contribution in [3.8, 4) is 11.5 Å². The third-order valence-electron chi connectivity index (χ3n) is 4.24.